The lowest BCUT2D eigenvalue weighted by molar-refractivity contribution is -0.115. The van der Waals surface area contributed by atoms with Crippen LogP contribution in [-0.2, 0) is 9.53 Å². The van der Waals surface area contributed by atoms with Crippen molar-refractivity contribution in [2.75, 3.05) is 0 Å². The number of rotatable bonds is 4. The van der Waals surface area contributed by atoms with Gasteiger partial charge in [-0.3, -0.25) is 4.79 Å². The molecule has 2 heterocycles. The predicted molar refractivity (Wildman–Crippen MR) is 107 cm³/mol. The van der Waals surface area contributed by atoms with Crippen LogP contribution in [-0.4, -0.2) is 22.2 Å². The lowest BCUT2D eigenvalue weighted by Gasteiger charge is -2.13. The van der Waals surface area contributed by atoms with E-state index in [2.05, 4.69) is 10.3 Å². The molecule has 0 bridgehead atoms. The van der Waals surface area contributed by atoms with Crippen LogP contribution in [0.2, 0.25) is 0 Å². The molecule has 1 atom stereocenters. The number of hydrogen-bond donors (Lipinski definition) is 2. The Kier molecular flexibility index (Phi) is 4.99. The van der Waals surface area contributed by atoms with Gasteiger partial charge in [-0.2, -0.15) is 0 Å². The Bertz CT molecular complexity index is 1030. The lowest BCUT2D eigenvalue weighted by Crippen LogP contribution is -2.19. The van der Waals surface area contributed by atoms with Crippen molar-refractivity contribution in [3.8, 4) is 0 Å². The zero-order valence-corrected chi connectivity index (χ0v) is 15.5. The summed E-state index contributed by atoms with van der Waals surface area (Å²) in [4.78, 5) is 28.3. The summed E-state index contributed by atoms with van der Waals surface area (Å²) in [7, 11) is 0. The molecular formula is C21H16N2O4S. The number of carboxylic acid groups (broad SMARTS) is 1. The number of carboxylic acids is 1. The maximum absolute atomic E-state index is 12.2. The van der Waals surface area contributed by atoms with E-state index in [-0.39, 0.29) is 17.6 Å². The number of nitrogens with one attached hydrogen (secondary N) is 1. The zero-order chi connectivity index (χ0) is 19.5. The summed E-state index contributed by atoms with van der Waals surface area (Å²) in [6, 6.07) is 16.1. The van der Waals surface area contributed by atoms with Crippen molar-refractivity contribution in [2.45, 2.75) is 12.5 Å². The minimum Gasteiger partial charge on any atom is -0.486 e. The molecule has 1 unspecified atom stereocenters. The Morgan fingerprint density at radius 3 is 2.82 bits per heavy atom. The monoisotopic (exact) mass is 392 g/mol. The summed E-state index contributed by atoms with van der Waals surface area (Å²) in [5.41, 5.74) is 1.78. The van der Waals surface area contributed by atoms with E-state index in [9.17, 15) is 9.59 Å². The highest BCUT2D eigenvalue weighted by atomic mass is 32.2. The van der Waals surface area contributed by atoms with Gasteiger partial charge in [-0.15, -0.1) is 0 Å². The molecule has 2 aromatic carbocycles. The van der Waals surface area contributed by atoms with E-state index in [0.29, 0.717) is 22.3 Å². The first kappa shape index (κ1) is 18.1. The van der Waals surface area contributed by atoms with Crippen LogP contribution in [0.5, 0.6) is 0 Å². The third-order valence-electron chi connectivity index (χ3n) is 4.23. The molecule has 1 saturated heterocycles. The molecule has 0 aliphatic carbocycles. The molecule has 2 aromatic rings. The first-order valence-corrected chi connectivity index (χ1v) is 9.45. The van der Waals surface area contributed by atoms with Gasteiger partial charge < -0.3 is 15.2 Å². The highest BCUT2D eigenvalue weighted by molar-refractivity contribution is 8.18. The van der Waals surface area contributed by atoms with E-state index < -0.39 is 5.97 Å². The number of aliphatic imine (C=N–C) groups is 1. The minimum atomic E-state index is -0.973. The second kappa shape index (κ2) is 7.74. The van der Waals surface area contributed by atoms with Crippen LogP contribution in [0.3, 0.4) is 0 Å². The van der Waals surface area contributed by atoms with Crippen molar-refractivity contribution in [2.24, 2.45) is 4.99 Å². The Labute approximate surface area is 165 Å². The Balaban J connectivity index is 1.45. The summed E-state index contributed by atoms with van der Waals surface area (Å²) < 4.78 is 5.90. The van der Waals surface area contributed by atoms with Crippen LogP contribution in [0.25, 0.3) is 0 Å². The summed E-state index contributed by atoms with van der Waals surface area (Å²) in [6.45, 7) is 0. The van der Waals surface area contributed by atoms with E-state index >= 15 is 0 Å². The molecule has 4 rings (SSSR count). The number of carbonyl (C=O) groups excluding carboxylic acids is 1. The average Bonchev–Trinajstić information content (AvgIpc) is 3.30. The average molecular weight is 392 g/mol. The quantitative estimate of drug-likeness (QED) is 0.763. The van der Waals surface area contributed by atoms with Crippen LogP contribution in [0.4, 0.5) is 5.69 Å². The number of para-hydroxylation sites is 1. The number of thioether (sulfide) groups is 1. The standard InChI is InChI=1S/C21H16N2O4S/c24-19-18(28-21(23-19)22-15-7-2-1-3-8-15)12-16-9-10-17(27-16)13-5-4-6-14(11-13)20(25)26/h1-9,11-12,17H,10H2,(H,25,26)(H,22,23,24)/b18-12+. The number of nitrogens with zero attached hydrogens (tertiary/aromatic N) is 1. The summed E-state index contributed by atoms with van der Waals surface area (Å²) in [5, 5.41) is 12.4. The van der Waals surface area contributed by atoms with Crippen LogP contribution >= 0.6 is 11.8 Å². The number of amides is 1. The highest BCUT2D eigenvalue weighted by Crippen LogP contribution is 2.34. The van der Waals surface area contributed by atoms with Crippen molar-refractivity contribution in [1.82, 2.24) is 5.32 Å². The summed E-state index contributed by atoms with van der Waals surface area (Å²) in [6.07, 6.45) is 3.93. The SMILES string of the molecule is O=C1NC(=Nc2ccccc2)S/C1=C/C1=CCC(c2cccc(C(=O)O)c2)O1. The smallest absolute Gasteiger partial charge is 0.335 e. The molecule has 1 fully saturated rings. The maximum Gasteiger partial charge on any atom is 0.335 e. The van der Waals surface area contributed by atoms with Gasteiger partial charge in [-0.1, -0.05) is 30.3 Å². The normalized spacial score (nSPS) is 21.5. The first-order chi connectivity index (χ1) is 13.6. The minimum absolute atomic E-state index is 0.222. The Morgan fingerprint density at radius 2 is 2.04 bits per heavy atom. The van der Waals surface area contributed by atoms with Gasteiger partial charge in [0.25, 0.3) is 5.91 Å². The topological polar surface area (TPSA) is 88.0 Å². The van der Waals surface area contributed by atoms with Gasteiger partial charge in [0.2, 0.25) is 0 Å². The van der Waals surface area contributed by atoms with E-state index in [4.69, 9.17) is 9.84 Å². The fraction of sp³-hybridized carbons (Fsp3) is 0.0952. The van der Waals surface area contributed by atoms with Gasteiger partial charge >= 0.3 is 5.97 Å². The molecule has 140 valence electrons. The van der Waals surface area contributed by atoms with Gasteiger partial charge in [0.15, 0.2) is 5.17 Å². The van der Waals surface area contributed by atoms with Gasteiger partial charge in [-0.25, -0.2) is 9.79 Å². The number of benzene rings is 2. The van der Waals surface area contributed by atoms with E-state index in [1.807, 2.05) is 42.5 Å². The van der Waals surface area contributed by atoms with Crippen molar-refractivity contribution in [3.05, 3.63) is 88.5 Å². The molecule has 0 saturated carbocycles. The van der Waals surface area contributed by atoms with Gasteiger partial charge in [0.1, 0.15) is 11.9 Å². The molecule has 1 amide bonds. The number of carbonyl (C=O) groups is 2. The third kappa shape index (κ3) is 3.99. The van der Waals surface area contributed by atoms with Gasteiger partial charge in [0, 0.05) is 6.42 Å². The number of allylic oxidation sites excluding steroid dienone is 1. The number of aromatic carboxylic acids is 1. The molecule has 0 radical (unpaired) electrons. The van der Waals surface area contributed by atoms with Crippen LogP contribution in [0.15, 0.2) is 82.4 Å². The fourth-order valence-corrected chi connectivity index (χ4v) is 3.70. The summed E-state index contributed by atoms with van der Waals surface area (Å²) >= 11 is 1.26. The molecular weight excluding hydrogens is 376 g/mol. The van der Waals surface area contributed by atoms with Crippen molar-refractivity contribution in [3.63, 3.8) is 0 Å². The van der Waals surface area contributed by atoms with Gasteiger partial charge in [-0.05, 0) is 53.7 Å². The maximum atomic E-state index is 12.2. The molecule has 0 spiro atoms. The molecule has 2 N–H and O–H groups in total. The lowest BCUT2D eigenvalue weighted by atomic mass is 10.0. The van der Waals surface area contributed by atoms with E-state index in [0.717, 1.165) is 11.3 Å². The zero-order valence-electron chi connectivity index (χ0n) is 14.7. The summed E-state index contributed by atoms with van der Waals surface area (Å²) in [5.74, 6) is -0.607. The van der Waals surface area contributed by atoms with Gasteiger partial charge in [0.05, 0.1) is 16.2 Å². The Morgan fingerprint density at radius 1 is 1.21 bits per heavy atom. The van der Waals surface area contributed by atoms with Crippen molar-refractivity contribution in [1.29, 1.82) is 0 Å². The number of amidine groups is 1. The fourth-order valence-electron chi connectivity index (χ4n) is 2.88. The molecule has 6 nitrogen and oxygen atoms in total. The second-order valence-electron chi connectivity index (χ2n) is 6.20. The molecule has 0 aromatic heterocycles. The molecule has 28 heavy (non-hydrogen) atoms. The first-order valence-electron chi connectivity index (χ1n) is 8.63. The highest BCUT2D eigenvalue weighted by Gasteiger charge is 2.26. The van der Waals surface area contributed by atoms with Crippen LogP contribution in [0, 0.1) is 0 Å². The van der Waals surface area contributed by atoms with Crippen molar-refractivity contribution < 1.29 is 19.4 Å². The number of ether oxygens (including phenoxy) is 1. The van der Waals surface area contributed by atoms with E-state index in [1.54, 1.807) is 24.3 Å². The Hall–Kier alpha value is -3.32. The van der Waals surface area contributed by atoms with E-state index in [1.165, 1.54) is 11.8 Å². The van der Waals surface area contributed by atoms with Crippen molar-refractivity contribution >= 4 is 34.5 Å². The third-order valence-corrected chi connectivity index (χ3v) is 5.14. The second-order valence-corrected chi connectivity index (χ2v) is 7.23. The van der Waals surface area contributed by atoms with Crippen LogP contribution in [0.1, 0.15) is 28.4 Å². The van der Waals surface area contributed by atoms with Crippen LogP contribution < -0.4 is 5.32 Å². The number of hydrogen-bond acceptors (Lipinski definition) is 5. The predicted octanol–water partition coefficient (Wildman–Crippen LogP) is 4.16. The molecule has 2 aliphatic rings. The molecule has 2 aliphatic heterocycles. The molecule has 7 heteroatoms. The largest absolute Gasteiger partial charge is 0.486 e.